The molecule has 0 radical (unpaired) electrons. The second-order valence-corrected chi connectivity index (χ2v) is 6.98. The molecule has 176 valence electrons. The van der Waals surface area contributed by atoms with Crippen molar-refractivity contribution >= 4 is 0 Å². The molecular weight excluding hydrogens is 460 g/mol. The van der Waals surface area contributed by atoms with Crippen molar-refractivity contribution < 1.29 is 44.6 Å². The molecule has 0 amide bonds. The van der Waals surface area contributed by atoms with Crippen molar-refractivity contribution in [1.82, 2.24) is 0 Å². The van der Waals surface area contributed by atoms with Gasteiger partial charge in [0.25, 0.3) is 0 Å². The van der Waals surface area contributed by atoms with Crippen LogP contribution in [0.3, 0.4) is 0 Å². The molecule has 33 heavy (non-hydrogen) atoms. The molecule has 0 heterocycles. The summed E-state index contributed by atoms with van der Waals surface area (Å²) in [6.07, 6.45) is -3.49. The van der Waals surface area contributed by atoms with E-state index in [1.54, 1.807) is 6.92 Å². The van der Waals surface area contributed by atoms with Crippen LogP contribution in [0.15, 0.2) is 48.5 Å². The topological polar surface area (TPSA) is 18.5 Å². The van der Waals surface area contributed by atoms with Gasteiger partial charge in [-0.1, -0.05) is 25.5 Å². The van der Waals surface area contributed by atoms with E-state index in [1.165, 1.54) is 0 Å². The van der Waals surface area contributed by atoms with Crippen LogP contribution in [0, 0.1) is 23.3 Å². The van der Waals surface area contributed by atoms with Crippen molar-refractivity contribution in [2.24, 2.45) is 0 Å². The molecule has 0 aliphatic rings. The van der Waals surface area contributed by atoms with Crippen molar-refractivity contribution in [1.29, 1.82) is 0 Å². The minimum atomic E-state index is -4.35. The van der Waals surface area contributed by atoms with Gasteiger partial charge in [0, 0.05) is 0 Å². The summed E-state index contributed by atoms with van der Waals surface area (Å²) in [6, 6.07) is 7.32. The van der Waals surface area contributed by atoms with Crippen LogP contribution in [0.2, 0.25) is 0 Å². The van der Waals surface area contributed by atoms with E-state index in [4.69, 9.17) is 0 Å². The van der Waals surface area contributed by atoms with E-state index in [2.05, 4.69) is 9.47 Å². The fourth-order valence-corrected chi connectivity index (χ4v) is 3.18. The lowest BCUT2D eigenvalue weighted by Crippen LogP contribution is -2.25. The number of hydrogen-bond donors (Lipinski definition) is 0. The molecule has 3 aromatic rings. The second kappa shape index (κ2) is 9.68. The molecule has 0 atom stereocenters. The zero-order chi connectivity index (χ0) is 24.3. The number of alkyl halides is 4. The van der Waals surface area contributed by atoms with E-state index < -0.39 is 53.1 Å². The lowest BCUT2D eigenvalue weighted by atomic mass is 10.0. The Morgan fingerprint density at radius 3 is 1.82 bits per heavy atom. The van der Waals surface area contributed by atoms with Crippen LogP contribution in [0.4, 0.5) is 35.1 Å². The van der Waals surface area contributed by atoms with E-state index in [-0.39, 0.29) is 16.7 Å². The van der Waals surface area contributed by atoms with Gasteiger partial charge in [-0.25, -0.2) is 17.6 Å². The van der Waals surface area contributed by atoms with Gasteiger partial charge >= 0.3 is 12.7 Å². The van der Waals surface area contributed by atoms with Crippen LogP contribution in [0.25, 0.3) is 11.1 Å². The fourth-order valence-electron chi connectivity index (χ4n) is 3.18. The number of ether oxygens (including phenoxy) is 2. The van der Waals surface area contributed by atoms with Crippen LogP contribution in [0.5, 0.6) is 11.5 Å². The lowest BCUT2D eigenvalue weighted by molar-refractivity contribution is -0.189. The maximum absolute atomic E-state index is 14.5. The molecule has 0 spiro atoms. The van der Waals surface area contributed by atoms with E-state index in [9.17, 15) is 35.1 Å². The average molecular weight is 476 g/mol. The van der Waals surface area contributed by atoms with Gasteiger partial charge in [-0.15, -0.1) is 0 Å². The van der Waals surface area contributed by atoms with Gasteiger partial charge in [-0.2, -0.15) is 17.6 Å². The molecule has 3 aromatic carbocycles. The summed E-state index contributed by atoms with van der Waals surface area (Å²) in [5.74, 6) is -7.46. The first-order valence-corrected chi connectivity index (χ1v) is 9.61. The van der Waals surface area contributed by atoms with E-state index in [0.29, 0.717) is 25.0 Å². The molecule has 0 aliphatic heterocycles. The van der Waals surface area contributed by atoms with Gasteiger partial charge in [-0.05, 0) is 59.5 Å². The Balaban J connectivity index is 1.84. The fraction of sp³-hybridized carbons (Fsp3) is 0.217. The second-order valence-electron chi connectivity index (χ2n) is 6.98. The number of rotatable bonds is 8. The SMILES string of the molecule is CCCc1cc(F)c(C(F)(F)Oc2ccc(-c3cc(F)c(OC(F)F)c(F)c3)cc2)c(F)c1. The molecule has 2 nitrogen and oxygen atoms in total. The Bertz CT molecular complexity index is 1080. The van der Waals surface area contributed by atoms with Gasteiger partial charge in [0.1, 0.15) is 22.9 Å². The zero-order valence-electron chi connectivity index (χ0n) is 17.0. The smallest absolute Gasteiger partial charge is 0.429 e. The summed E-state index contributed by atoms with van der Waals surface area (Å²) in [5, 5.41) is 0. The highest BCUT2D eigenvalue weighted by Gasteiger charge is 2.41. The number of aryl methyl sites for hydroxylation is 1. The van der Waals surface area contributed by atoms with Gasteiger partial charge in [0.15, 0.2) is 17.4 Å². The van der Waals surface area contributed by atoms with Crippen molar-refractivity contribution in [2.45, 2.75) is 32.5 Å². The van der Waals surface area contributed by atoms with Crippen LogP contribution >= 0.6 is 0 Å². The monoisotopic (exact) mass is 476 g/mol. The molecule has 0 saturated carbocycles. The molecule has 0 N–H and O–H groups in total. The molecule has 0 aromatic heterocycles. The van der Waals surface area contributed by atoms with Crippen molar-refractivity contribution in [3.05, 3.63) is 82.9 Å². The Morgan fingerprint density at radius 1 is 0.788 bits per heavy atom. The quantitative estimate of drug-likeness (QED) is 0.312. The third kappa shape index (κ3) is 5.55. The molecule has 0 bridgehead atoms. The third-order valence-corrected chi connectivity index (χ3v) is 4.57. The van der Waals surface area contributed by atoms with Gasteiger partial charge in [-0.3, -0.25) is 0 Å². The molecule has 0 fully saturated rings. The summed E-state index contributed by atoms with van der Waals surface area (Å²) in [5.41, 5.74) is -1.31. The van der Waals surface area contributed by atoms with Crippen LogP contribution < -0.4 is 9.47 Å². The summed E-state index contributed by atoms with van der Waals surface area (Å²) in [7, 11) is 0. The normalized spacial score (nSPS) is 11.7. The van der Waals surface area contributed by atoms with Gasteiger partial charge in [0.2, 0.25) is 0 Å². The maximum atomic E-state index is 14.5. The Kier molecular flexibility index (Phi) is 7.14. The van der Waals surface area contributed by atoms with Crippen LogP contribution in [0.1, 0.15) is 24.5 Å². The summed E-state index contributed by atoms with van der Waals surface area (Å²) >= 11 is 0. The third-order valence-electron chi connectivity index (χ3n) is 4.57. The predicted molar refractivity (Wildman–Crippen MR) is 103 cm³/mol. The largest absolute Gasteiger partial charge is 0.432 e. The highest BCUT2D eigenvalue weighted by atomic mass is 19.3. The number of hydrogen-bond acceptors (Lipinski definition) is 2. The van der Waals surface area contributed by atoms with E-state index >= 15 is 0 Å². The first-order valence-electron chi connectivity index (χ1n) is 9.61. The number of halogens is 8. The van der Waals surface area contributed by atoms with E-state index in [1.807, 2.05) is 0 Å². The predicted octanol–water partition coefficient (Wildman–Crippen LogP) is 7.59. The van der Waals surface area contributed by atoms with Crippen LogP contribution in [-0.2, 0) is 12.5 Å². The number of benzene rings is 3. The highest BCUT2D eigenvalue weighted by Crippen LogP contribution is 2.37. The Labute approximate surface area is 183 Å². The Hall–Kier alpha value is -3.30. The lowest BCUT2D eigenvalue weighted by Gasteiger charge is -2.20. The van der Waals surface area contributed by atoms with E-state index in [0.717, 1.165) is 36.4 Å². The molecule has 0 aliphatic carbocycles. The molecule has 0 unspecified atom stereocenters. The summed E-state index contributed by atoms with van der Waals surface area (Å²) < 4.78 is 118. The molecule has 3 rings (SSSR count). The summed E-state index contributed by atoms with van der Waals surface area (Å²) in [6.45, 7) is -1.67. The minimum Gasteiger partial charge on any atom is -0.429 e. The Morgan fingerprint density at radius 2 is 1.33 bits per heavy atom. The maximum Gasteiger partial charge on any atom is 0.432 e. The zero-order valence-corrected chi connectivity index (χ0v) is 17.0. The molecular formula is C23H16F8O2. The molecule has 0 saturated heterocycles. The van der Waals surface area contributed by atoms with Crippen molar-refractivity contribution in [3.63, 3.8) is 0 Å². The van der Waals surface area contributed by atoms with Crippen LogP contribution in [-0.4, -0.2) is 6.61 Å². The first-order chi connectivity index (χ1) is 15.5. The highest BCUT2D eigenvalue weighted by molar-refractivity contribution is 5.65. The van der Waals surface area contributed by atoms with Gasteiger partial charge in [0.05, 0.1) is 0 Å². The molecule has 10 heteroatoms. The van der Waals surface area contributed by atoms with Crippen molar-refractivity contribution in [2.75, 3.05) is 0 Å². The average Bonchev–Trinajstić information content (AvgIpc) is 2.70. The first kappa shape index (κ1) is 24.3. The van der Waals surface area contributed by atoms with Crippen molar-refractivity contribution in [3.8, 4) is 22.6 Å². The minimum absolute atomic E-state index is 0.103. The van der Waals surface area contributed by atoms with Gasteiger partial charge < -0.3 is 9.47 Å². The standard InChI is InChI=1S/C23H16F8O2/c1-2-3-12-8-16(24)20(17(25)9-12)23(30,31)33-15-6-4-13(5-7-15)14-10-18(26)21(19(27)11-14)32-22(28)29/h4-11,22H,2-3H2,1H3. The summed E-state index contributed by atoms with van der Waals surface area (Å²) in [4.78, 5) is 0.